The lowest BCUT2D eigenvalue weighted by Gasteiger charge is -2.24. The number of aromatic nitrogens is 4. The highest BCUT2D eigenvalue weighted by atomic mass is 32.2. The van der Waals surface area contributed by atoms with Crippen molar-refractivity contribution in [3.05, 3.63) is 76.6 Å². The van der Waals surface area contributed by atoms with Crippen molar-refractivity contribution in [2.24, 2.45) is 0 Å². The Hall–Kier alpha value is -3.91. The molecule has 0 aliphatic carbocycles. The van der Waals surface area contributed by atoms with Crippen molar-refractivity contribution in [2.75, 3.05) is 11.5 Å². The fourth-order valence-electron chi connectivity index (χ4n) is 4.80. The van der Waals surface area contributed by atoms with Gasteiger partial charge in [0.25, 0.3) is 0 Å². The molecule has 0 unspecified atom stereocenters. The number of hydrogen-bond acceptors (Lipinski definition) is 8. The molecule has 10 nitrogen and oxygen atoms in total. The van der Waals surface area contributed by atoms with Crippen LogP contribution in [0.3, 0.4) is 0 Å². The maximum atomic E-state index is 13.6. The molecule has 1 saturated heterocycles. The van der Waals surface area contributed by atoms with Gasteiger partial charge < -0.3 is 14.2 Å². The summed E-state index contributed by atoms with van der Waals surface area (Å²) in [7, 11) is -3.16. The molecule has 0 saturated carbocycles. The van der Waals surface area contributed by atoms with Gasteiger partial charge in [-0.05, 0) is 49.8 Å². The SMILES string of the molecule is CCn1c(COCc2ccccc2)nn(-c2cc(O[C@@H](C)C(F)(F)F)c3c(OC4CCS(=O)(=O)CC4)nccc3c2)c1=O. The van der Waals surface area contributed by atoms with Gasteiger partial charge in [-0.25, -0.2) is 18.2 Å². The van der Waals surface area contributed by atoms with Gasteiger partial charge in [0.2, 0.25) is 5.88 Å². The number of alkyl halides is 3. The fraction of sp³-hybridized carbons (Fsp3) is 0.414. The molecule has 0 radical (unpaired) electrons. The van der Waals surface area contributed by atoms with E-state index in [1.54, 1.807) is 19.1 Å². The number of halogens is 3. The summed E-state index contributed by atoms with van der Waals surface area (Å²) >= 11 is 0. The van der Waals surface area contributed by atoms with Crippen LogP contribution in [0.1, 0.15) is 38.1 Å². The van der Waals surface area contributed by atoms with Gasteiger partial charge in [0.15, 0.2) is 21.8 Å². The monoisotopic (exact) mass is 620 g/mol. The quantitative estimate of drug-likeness (QED) is 0.253. The molecule has 4 aromatic rings. The van der Waals surface area contributed by atoms with Crippen LogP contribution >= 0.6 is 0 Å². The number of nitrogens with zero attached hydrogens (tertiary/aromatic N) is 4. The number of benzene rings is 2. The van der Waals surface area contributed by atoms with Crippen LogP contribution in [0.2, 0.25) is 0 Å². The second kappa shape index (κ2) is 12.4. The molecular weight excluding hydrogens is 589 g/mol. The molecule has 14 heteroatoms. The van der Waals surface area contributed by atoms with Crippen LogP contribution in [0.4, 0.5) is 13.2 Å². The molecule has 2 aromatic carbocycles. The van der Waals surface area contributed by atoms with Crippen LogP contribution in [0, 0.1) is 0 Å². The molecule has 5 rings (SSSR count). The highest BCUT2D eigenvalue weighted by Crippen LogP contribution is 2.38. The Labute approximate surface area is 245 Å². The van der Waals surface area contributed by atoms with Gasteiger partial charge in [-0.3, -0.25) is 4.57 Å². The van der Waals surface area contributed by atoms with Crippen molar-refractivity contribution < 1.29 is 35.8 Å². The minimum Gasteiger partial charge on any atom is -0.480 e. The first-order valence-corrected chi connectivity index (χ1v) is 15.6. The van der Waals surface area contributed by atoms with Gasteiger partial charge in [-0.15, -0.1) is 5.10 Å². The molecule has 1 atom stereocenters. The number of hydrogen-bond donors (Lipinski definition) is 0. The summed E-state index contributed by atoms with van der Waals surface area (Å²) < 4.78 is 84.3. The van der Waals surface area contributed by atoms with E-state index >= 15 is 0 Å². The van der Waals surface area contributed by atoms with Crippen LogP contribution in [0.25, 0.3) is 16.5 Å². The van der Waals surface area contributed by atoms with E-state index in [0.29, 0.717) is 24.4 Å². The molecule has 1 aliphatic heterocycles. The van der Waals surface area contributed by atoms with Crippen molar-refractivity contribution in [1.29, 1.82) is 0 Å². The maximum absolute atomic E-state index is 13.6. The van der Waals surface area contributed by atoms with Gasteiger partial charge >= 0.3 is 11.9 Å². The van der Waals surface area contributed by atoms with E-state index in [-0.39, 0.29) is 53.7 Å². The average Bonchev–Trinajstić information content (AvgIpc) is 3.29. The Morgan fingerprint density at radius 3 is 2.47 bits per heavy atom. The molecule has 0 N–H and O–H groups in total. The summed E-state index contributed by atoms with van der Waals surface area (Å²) in [6.07, 6.45) is -5.47. The van der Waals surface area contributed by atoms with Crippen molar-refractivity contribution in [3.8, 4) is 17.3 Å². The van der Waals surface area contributed by atoms with Crippen LogP contribution in [0.15, 0.2) is 59.5 Å². The first-order chi connectivity index (χ1) is 20.4. The Morgan fingerprint density at radius 2 is 1.79 bits per heavy atom. The maximum Gasteiger partial charge on any atom is 0.425 e. The predicted octanol–water partition coefficient (Wildman–Crippen LogP) is 4.60. The van der Waals surface area contributed by atoms with E-state index in [2.05, 4.69) is 10.1 Å². The molecular formula is C29H31F3N4O6S. The molecule has 3 heterocycles. The zero-order valence-corrected chi connectivity index (χ0v) is 24.4. The minimum absolute atomic E-state index is 0.0131. The number of fused-ring (bicyclic) bond motifs is 1. The molecule has 0 bridgehead atoms. The number of pyridine rings is 1. The van der Waals surface area contributed by atoms with Gasteiger partial charge in [0.05, 0.1) is 29.2 Å². The predicted molar refractivity (Wildman–Crippen MR) is 152 cm³/mol. The standard InChI is InChI=1S/C29H31F3N4O6S/c1-3-35-25(18-40-17-20-7-5-4-6-8-20)34-36(28(35)37)22-15-21-9-12-33-27(42-23-10-13-43(38,39)14-11-23)26(21)24(16-22)41-19(2)29(30,31)32/h4-9,12,15-16,19,23H,3,10-11,13-14,17-18H2,1-2H3/t19-/m0/s1. The number of rotatable bonds is 10. The molecule has 230 valence electrons. The van der Waals surface area contributed by atoms with E-state index in [0.717, 1.165) is 17.2 Å². The lowest BCUT2D eigenvalue weighted by atomic mass is 10.1. The molecule has 2 aromatic heterocycles. The normalized spacial score (nSPS) is 16.3. The van der Waals surface area contributed by atoms with Gasteiger partial charge in [-0.2, -0.15) is 17.9 Å². The number of sulfone groups is 1. The minimum atomic E-state index is -4.67. The summed E-state index contributed by atoms with van der Waals surface area (Å²) in [5.41, 5.74) is 0.632. The largest absolute Gasteiger partial charge is 0.480 e. The van der Waals surface area contributed by atoms with Gasteiger partial charge in [0, 0.05) is 18.8 Å². The molecule has 1 aliphatic rings. The summed E-state index contributed by atoms with van der Waals surface area (Å²) in [6, 6.07) is 13.9. The van der Waals surface area contributed by atoms with Crippen LogP contribution in [-0.4, -0.2) is 57.6 Å². The molecule has 0 amide bonds. The second-order valence-electron chi connectivity index (χ2n) is 10.3. The Bertz CT molecular complexity index is 1740. The number of ether oxygens (including phenoxy) is 3. The van der Waals surface area contributed by atoms with Crippen molar-refractivity contribution in [3.63, 3.8) is 0 Å². The van der Waals surface area contributed by atoms with Gasteiger partial charge in [0.1, 0.15) is 18.5 Å². The third kappa shape index (κ3) is 7.02. The fourth-order valence-corrected chi connectivity index (χ4v) is 6.25. The Kier molecular flexibility index (Phi) is 8.79. The van der Waals surface area contributed by atoms with Crippen LogP contribution < -0.4 is 15.2 Å². The van der Waals surface area contributed by atoms with E-state index in [9.17, 15) is 26.4 Å². The molecule has 0 spiro atoms. The summed E-state index contributed by atoms with van der Waals surface area (Å²) in [5.74, 6) is 0.0478. The average molecular weight is 621 g/mol. The molecule has 43 heavy (non-hydrogen) atoms. The topological polar surface area (TPSA) is 115 Å². The first kappa shape index (κ1) is 30.5. The van der Waals surface area contributed by atoms with Crippen LogP contribution in [0.5, 0.6) is 11.6 Å². The lowest BCUT2D eigenvalue weighted by molar-refractivity contribution is -0.189. The first-order valence-electron chi connectivity index (χ1n) is 13.8. The third-order valence-electron chi connectivity index (χ3n) is 7.16. The Morgan fingerprint density at radius 1 is 1.07 bits per heavy atom. The highest BCUT2D eigenvalue weighted by molar-refractivity contribution is 7.91. The highest BCUT2D eigenvalue weighted by Gasteiger charge is 2.39. The Balaban J connectivity index is 1.52. The zero-order valence-electron chi connectivity index (χ0n) is 23.6. The van der Waals surface area contributed by atoms with Crippen molar-refractivity contribution >= 4 is 20.6 Å². The third-order valence-corrected chi connectivity index (χ3v) is 8.88. The summed E-state index contributed by atoms with van der Waals surface area (Å²) in [4.78, 5) is 17.6. The summed E-state index contributed by atoms with van der Waals surface area (Å²) in [5, 5.41) is 5.02. The summed E-state index contributed by atoms with van der Waals surface area (Å²) in [6.45, 7) is 3.29. The zero-order chi connectivity index (χ0) is 30.8. The van der Waals surface area contributed by atoms with Gasteiger partial charge in [-0.1, -0.05) is 30.3 Å². The van der Waals surface area contributed by atoms with Crippen LogP contribution in [-0.2, 0) is 34.3 Å². The van der Waals surface area contributed by atoms with E-state index in [1.165, 1.54) is 16.8 Å². The smallest absolute Gasteiger partial charge is 0.425 e. The van der Waals surface area contributed by atoms with Crippen molar-refractivity contribution in [2.45, 2.75) is 64.8 Å². The lowest BCUT2D eigenvalue weighted by Crippen LogP contribution is -2.32. The molecule has 1 fully saturated rings. The van der Waals surface area contributed by atoms with Crippen molar-refractivity contribution in [1.82, 2.24) is 19.3 Å². The van der Waals surface area contributed by atoms with E-state index in [1.807, 2.05) is 30.3 Å². The van der Waals surface area contributed by atoms with E-state index in [4.69, 9.17) is 14.2 Å². The second-order valence-corrected chi connectivity index (χ2v) is 12.6. The van der Waals surface area contributed by atoms with E-state index < -0.39 is 33.9 Å².